The van der Waals surface area contributed by atoms with Gasteiger partial charge in [-0.1, -0.05) is 23.7 Å². The smallest absolute Gasteiger partial charge is 0.324 e. The molecule has 6 nitrogen and oxygen atoms in total. The highest BCUT2D eigenvalue weighted by molar-refractivity contribution is 7.13. The van der Waals surface area contributed by atoms with Crippen molar-refractivity contribution in [3.05, 3.63) is 82.8 Å². The molecule has 168 valence electrons. The molecule has 4 rings (SSSR count). The number of hydrogen-bond donors (Lipinski definition) is 3. The van der Waals surface area contributed by atoms with Gasteiger partial charge in [0.05, 0.1) is 21.2 Å². The van der Waals surface area contributed by atoms with Crippen LogP contribution in [0.4, 0.5) is 41.0 Å². The predicted octanol–water partition coefficient (Wildman–Crippen LogP) is 7.26. The quantitative estimate of drug-likeness (QED) is 0.275. The first kappa shape index (κ1) is 22.6. The van der Waals surface area contributed by atoms with Crippen LogP contribution in [0.1, 0.15) is 5.56 Å². The zero-order valence-electron chi connectivity index (χ0n) is 16.7. The maximum absolute atomic E-state index is 13.0. The minimum Gasteiger partial charge on any atom is -0.324 e. The Morgan fingerprint density at radius 1 is 0.939 bits per heavy atom. The van der Waals surface area contributed by atoms with Crippen molar-refractivity contribution in [2.75, 3.05) is 16.0 Å². The van der Waals surface area contributed by atoms with E-state index in [0.717, 1.165) is 22.7 Å². The first-order valence-corrected chi connectivity index (χ1v) is 10.7. The van der Waals surface area contributed by atoms with Crippen LogP contribution in [0.5, 0.6) is 0 Å². The average molecular weight is 490 g/mol. The van der Waals surface area contributed by atoms with E-state index in [2.05, 4.69) is 25.9 Å². The molecule has 2 amide bonds. The molecule has 0 fully saturated rings. The van der Waals surface area contributed by atoms with Gasteiger partial charge in [0.1, 0.15) is 0 Å². The van der Waals surface area contributed by atoms with Crippen LogP contribution in [0, 0.1) is 0 Å². The van der Waals surface area contributed by atoms with E-state index in [0.29, 0.717) is 17.3 Å². The number of halogens is 4. The minimum absolute atomic E-state index is 0.0442. The van der Waals surface area contributed by atoms with Gasteiger partial charge in [-0.2, -0.15) is 13.2 Å². The van der Waals surface area contributed by atoms with Gasteiger partial charge < -0.3 is 16.0 Å². The van der Waals surface area contributed by atoms with Crippen molar-refractivity contribution in [1.29, 1.82) is 0 Å². The van der Waals surface area contributed by atoms with Crippen LogP contribution < -0.4 is 16.0 Å². The number of urea groups is 1. The number of nitrogens with one attached hydrogen (secondary N) is 3. The summed E-state index contributed by atoms with van der Waals surface area (Å²) in [5, 5.41) is 9.53. The van der Waals surface area contributed by atoms with Crippen LogP contribution in [-0.4, -0.2) is 16.0 Å². The molecular weight excluding hydrogens is 475 g/mol. The standard InChI is InChI=1S/C22H15ClF3N5OS/c23-17-7-6-15(12-16(17)22(24,25)26)30-21(32)29-14-4-1-3-13(11-14)28-20-27-9-8-18(31-20)19-5-2-10-33-19/h1-12H,(H,27,28,31)(H2,29,30,32). The first-order valence-electron chi connectivity index (χ1n) is 9.47. The van der Waals surface area contributed by atoms with Crippen LogP contribution in [0.25, 0.3) is 10.6 Å². The fraction of sp³-hybridized carbons (Fsp3) is 0.0455. The molecule has 0 atom stereocenters. The molecule has 0 aliphatic carbocycles. The zero-order valence-corrected chi connectivity index (χ0v) is 18.2. The lowest BCUT2D eigenvalue weighted by Crippen LogP contribution is -2.20. The lowest BCUT2D eigenvalue weighted by atomic mass is 10.2. The summed E-state index contributed by atoms with van der Waals surface area (Å²) in [6, 6.07) is 14.9. The van der Waals surface area contributed by atoms with E-state index in [1.807, 2.05) is 17.5 Å². The van der Waals surface area contributed by atoms with Crippen LogP contribution in [0.2, 0.25) is 5.02 Å². The zero-order chi connectivity index (χ0) is 23.4. The Labute approximate surface area is 195 Å². The highest BCUT2D eigenvalue weighted by Crippen LogP contribution is 2.36. The second-order valence-corrected chi connectivity index (χ2v) is 8.07. The number of rotatable bonds is 5. The third kappa shape index (κ3) is 5.79. The monoisotopic (exact) mass is 489 g/mol. The topological polar surface area (TPSA) is 78.9 Å². The highest BCUT2D eigenvalue weighted by atomic mass is 35.5. The summed E-state index contributed by atoms with van der Waals surface area (Å²) < 4.78 is 39.0. The van der Waals surface area contributed by atoms with Crippen molar-refractivity contribution >= 4 is 52.0 Å². The van der Waals surface area contributed by atoms with Gasteiger partial charge in [0.2, 0.25) is 5.95 Å². The van der Waals surface area contributed by atoms with Crippen LogP contribution >= 0.6 is 22.9 Å². The normalized spacial score (nSPS) is 11.2. The molecule has 0 aliphatic heterocycles. The summed E-state index contributed by atoms with van der Waals surface area (Å²) >= 11 is 7.17. The van der Waals surface area contributed by atoms with Crippen LogP contribution in [-0.2, 0) is 6.18 Å². The molecular formula is C22H15ClF3N5OS. The number of thiophene rings is 1. The van der Waals surface area contributed by atoms with E-state index in [9.17, 15) is 18.0 Å². The van der Waals surface area contributed by atoms with Crippen LogP contribution in [0.3, 0.4) is 0 Å². The molecule has 2 aromatic heterocycles. The summed E-state index contributed by atoms with van der Waals surface area (Å²) in [5.41, 5.74) is 0.728. The number of amides is 2. The van der Waals surface area contributed by atoms with Crippen molar-refractivity contribution in [2.24, 2.45) is 0 Å². The average Bonchev–Trinajstić information content (AvgIpc) is 3.30. The Morgan fingerprint density at radius 3 is 2.42 bits per heavy atom. The van der Waals surface area contributed by atoms with Crippen LogP contribution in [0.15, 0.2) is 72.2 Å². The molecule has 33 heavy (non-hydrogen) atoms. The molecule has 0 bridgehead atoms. The molecule has 0 aliphatic rings. The lowest BCUT2D eigenvalue weighted by Gasteiger charge is -2.13. The Morgan fingerprint density at radius 2 is 1.70 bits per heavy atom. The third-order valence-electron chi connectivity index (χ3n) is 4.34. The molecule has 0 saturated carbocycles. The number of nitrogens with zero attached hydrogens (tertiary/aromatic N) is 2. The number of hydrogen-bond acceptors (Lipinski definition) is 5. The fourth-order valence-electron chi connectivity index (χ4n) is 2.90. The number of carbonyl (C=O) groups excluding carboxylic acids is 1. The van der Waals surface area contributed by atoms with E-state index in [4.69, 9.17) is 11.6 Å². The van der Waals surface area contributed by atoms with Crippen molar-refractivity contribution in [3.8, 4) is 10.6 Å². The Kier molecular flexibility index (Phi) is 6.47. The molecule has 0 unspecified atom stereocenters. The van der Waals surface area contributed by atoms with Crippen molar-refractivity contribution in [3.63, 3.8) is 0 Å². The second-order valence-electron chi connectivity index (χ2n) is 6.72. The third-order valence-corrected chi connectivity index (χ3v) is 5.56. The van der Waals surface area contributed by atoms with Gasteiger partial charge in [-0.3, -0.25) is 0 Å². The summed E-state index contributed by atoms with van der Waals surface area (Å²) in [5.74, 6) is 0.378. The number of aromatic nitrogens is 2. The first-order chi connectivity index (χ1) is 15.8. The number of carbonyl (C=O) groups is 1. The van der Waals surface area contributed by atoms with E-state index < -0.39 is 22.8 Å². The summed E-state index contributed by atoms with van der Waals surface area (Å²) in [7, 11) is 0. The van der Waals surface area contributed by atoms with Gasteiger partial charge in [0.15, 0.2) is 0 Å². The van der Waals surface area contributed by atoms with Crippen molar-refractivity contribution < 1.29 is 18.0 Å². The highest BCUT2D eigenvalue weighted by Gasteiger charge is 2.33. The van der Waals surface area contributed by atoms with Gasteiger partial charge in [0, 0.05) is 23.3 Å². The SMILES string of the molecule is O=C(Nc1cccc(Nc2nccc(-c3cccs3)n2)c1)Nc1ccc(Cl)c(C(F)(F)F)c1. The van der Waals surface area contributed by atoms with E-state index in [1.165, 1.54) is 6.07 Å². The minimum atomic E-state index is -4.63. The Hall–Kier alpha value is -3.63. The van der Waals surface area contributed by atoms with Gasteiger partial charge in [-0.15, -0.1) is 11.3 Å². The molecule has 0 radical (unpaired) electrons. The van der Waals surface area contributed by atoms with Gasteiger partial charge in [-0.25, -0.2) is 14.8 Å². The molecule has 2 heterocycles. The molecule has 3 N–H and O–H groups in total. The molecule has 0 saturated heterocycles. The van der Waals surface area contributed by atoms with E-state index in [1.54, 1.807) is 47.9 Å². The largest absolute Gasteiger partial charge is 0.417 e. The second kappa shape index (κ2) is 9.47. The molecule has 2 aromatic carbocycles. The van der Waals surface area contributed by atoms with Crippen molar-refractivity contribution in [1.82, 2.24) is 9.97 Å². The number of anilines is 4. The van der Waals surface area contributed by atoms with E-state index >= 15 is 0 Å². The summed E-state index contributed by atoms with van der Waals surface area (Å²) in [6.45, 7) is 0. The predicted molar refractivity (Wildman–Crippen MR) is 124 cm³/mol. The van der Waals surface area contributed by atoms with Gasteiger partial charge in [0.25, 0.3) is 0 Å². The number of alkyl halides is 3. The summed E-state index contributed by atoms with van der Waals surface area (Å²) in [6.07, 6.45) is -2.99. The Balaban J connectivity index is 1.44. The molecule has 4 aromatic rings. The molecule has 11 heteroatoms. The van der Waals surface area contributed by atoms with E-state index in [-0.39, 0.29) is 5.69 Å². The van der Waals surface area contributed by atoms with Gasteiger partial charge >= 0.3 is 12.2 Å². The fourth-order valence-corrected chi connectivity index (χ4v) is 3.82. The summed E-state index contributed by atoms with van der Waals surface area (Å²) in [4.78, 5) is 22.0. The maximum Gasteiger partial charge on any atom is 0.417 e. The molecule has 0 spiro atoms. The van der Waals surface area contributed by atoms with Crippen molar-refractivity contribution in [2.45, 2.75) is 6.18 Å². The maximum atomic E-state index is 13.0. The van der Waals surface area contributed by atoms with Gasteiger partial charge in [-0.05, 0) is 53.9 Å². The Bertz CT molecular complexity index is 1280. The number of benzene rings is 2. The lowest BCUT2D eigenvalue weighted by molar-refractivity contribution is -0.137.